The number of hydrogen-bond donors (Lipinski definition) is 1. The van der Waals surface area contributed by atoms with Crippen molar-refractivity contribution < 1.29 is 19.1 Å². The predicted molar refractivity (Wildman–Crippen MR) is 83.3 cm³/mol. The summed E-state index contributed by atoms with van der Waals surface area (Å²) in [6.07, 6.45) is 3.79. The van der Waals surface area contributed by atoms with Gasteiger partial charge in [-0.25, -0.2) is 9.29 Å². The fourth-order valence-electron chi connectivity index (χ4n) is 3.63. The molecule has 1 N–H and O–H groups in total. The van der Waals surface area contributed by atoms with Crippen molar-refractivity contribution in [3.8, 4) is 0 Å². The molecular formula is C17H21FN2O3. The van der Waals surface area contributed by atoms with Crippen LogP contribution in [0.1, 0.15) is 32.1 Å². The monoisotopic (exact) mass is 320 g/mol. The van der Waals surface area contributed by atoms with E-state index < -0.39 is 11.9 Å². The first-order valence-electron chi connectivity index (χ1n) is 8.11. The van der Waals surface area contributed by atoms with Gasteiger partial charge in [-0.05, 0) is 50.1 Å². The molecule has 6 heteroatoms. The Balaban J connectivity index is 1.81. The maximum absolute atomic E-state index is 13.1. The van der Waals surface area contributed by atoms with Crippen LogP contribution in [0.3, 0.4) is 0 Å². The number of nitrogens with zero attached hydrogens (tertiary/aromatic N) is 2. The van der Waals surface area contributed by atoms with Crippen LogP contribution in [0.25, 0.3) is 0 Å². The van der Waals surface area contributed by atoms with E-state index in [1.165, 1.54) is 24.3 Å². The maximum atomic E-state index is 13.1. The molecule has 0 saturated carbocycles. The summed E-state index contributed by atoms with van der Waals surface area (Å²) in [5.74, 6) is -0.894. The van der Waals surface area contributed by atoms with Crippen molar-refractivity contribution >= 4 is 17.5 Å². The zero-order valence-electron chi connectivity index (χ0n) is 12.9. The summed E-state index contributed by atoms with van der Waals surface area (Å²) in [6, 6.07) is 5.08. The van der Waals surface area contributed by atoms with Gasteiger partial charge in [-0.15, -0.1) is 0 Å². The third-order valence-corrected chi connectivity index (χ3v) is 4.74. The van der Waals surface area contributed by atoms with Gasteiger partial charge < -0.3 is 5.11 Å². The zero-order chi connectivity index (χ0) is 16.4. The van der Waals surface area contributed by atoms with Gasteiger partial charge in [-0.3, -0.25) is 14.5 Å². The maximum Gasteiger partial charge on any atom is 0.251 e. The molecular weight excluding hydrogens is 299 g/mol. The van der Waals surface area contributed by atoms with Gasteiger partial charge >= 0.3 is 0 Å². The largest absolute Gasteiger partial charge is 0.396 e. The minimum Gasteiger partial charge on any atom is -0.396 e. The second-order valence-corrected chi connectivity index (χ2v) is 6.16. The molecule has 124 valence electrons. The van der Waals surface area contributed by atoms with Crippen molar-refractivity contribution in [1.82, 2.24) is 4.90 Å². The summed E-state index contributed by atoms with van der Waals surface area (Å²) in [5, 5.41) is 9.23. The number of imide groups is 1. The molecule has 0 aromatic heterocycles. The highest BCUT2D eigenvalue weighted by atomic mass is 19.1. The van der Waals surface area contributed by atoms with E-state index in [0.29, 0.717) is 12.1 Å². The molecule has 0 bridgehead atoms. The molecule has 3 rings (SSSR count). The number of likely N-dealkylation sites (tertiary alicyclic amines) is 1. The van der Waals surface area contributed by atoms with Crippen LogP contribution in [0.15, 0.2) is 24.3 Å². The van der Waals surface area contributed by atoms with Crippen LogP contribution in [0.4, 0.5) is 10.1 Å². The van der Waals surface area contributed by atoms with Gasteiger partial charge in [-0.1, -0.05) is 6.42 Å². The lowest BCUT2D eigenvalue weighted by molar-refractivity contribution is -0.123. The Labute approximate surface area is 134 Å². The lowest BCUT2D eigenvalue weighted by Crippen LogP contribution is -2.50. The van der Waals surface area contributed by atoms with Gasteiger partial charge in [0, 0.05) is 12.6 Å². The van der Waals surface area contributed by atoms with Gasteiger partial charge in [0.05, 0.1) is 18.2 Å². The third kappa shape index (κ3) is 3.14. The molecule has 1 aromatic carbocycles. The molecule has 23 heavy (non-hydrogen) atoms. The predicted octanol–water partition coefficient (Wildman–Crippen LogP) is 1.69. The van der Waals surface area contributed by atoms with Gasteiger partial charge in [-0.2, -0.15) is 0 Å². The minimum absolute atomic E-state index is 0.0811. The average Bonchev–Trinajstić information content (AvgIpc) is 2.84. The summed E-state index contributed by atoms with van der Waals surface area (Å²) in [5.41, 5.74) is 0.416. The smallest absolute Gasteiger partial charge is 0.251 e. The van der Waals surface area contributed by atoms with Crippen LogP contribution in [-0.4, -0.2) is 47.1 Å². The third-order valence-electron chi connectivity index (χ3n) is 4.74. The number of carbonyl (C=O) groups is 2. The Bertz CT molecular complexity index is 588. The van der Waals surface area contributed by atoms with Crippen molar-refractivity contribution in [2.75, 3.05) is 18.1 Å². The van der Waals surface area contributed by atoms with E-state index in [-0.39, 0.29) is 30.9 Å². The summed E-state index contributed by atoms with van der Waals surface area (Å²) >= 11 is 0. The van der Waals surface area contributed by atoms with Crippen molar-refractivity contribution in [2.24, 2.45) is 0 Å². The lowest BCUT2D eigenvalue weighted by Gasteiger charge is -2.38. The quantitative estimate of drug-likeness (QED) is 0.858. The number of amides is 2. The topological polar surface area (TPSA) is 60.9 Å². The Hall–Kier alpha value is -1.79. The number of piperidine rings is 1. The van der Waals surface area contributed by atoms with Crippen LogP contribution in [0.5, 0.6) is 0 Å². The molecule has 2 amide bonds. The van der Waals surface area contributed by atoms with Crippen LogP contribution >= 0.6 is 0 Å². The van der Waals surface area contributed by atoms with Crippen molar-refractivity contribution in [2.45, 2.75) is 44.2 Å². The number of halogens is 1. The highest BCUT2D eigenvalue weighted by Crippen LogP contribution is 2.30. The number of hydrogen-bond acceptors (Lipinski definition) is 4. The molecule has 2 unspecified atom stereocenters. The number of aliphatic hydroxyl groups is 1. The fraction of sp³-hybridized carbons (Fsp3) is 0.529. The van der Waals surface area contributed by atoms with Gasteiger partial charge in [0.1, 0.15) is 5.82 Å². The van der Waals surface area contributed by atoms with Crippen LogP contribution < -0.4 is 4.90 Å². The fourth-order valence-corrected chi connectivity index (χ4v) is 3.63. The highest BCUT2D eigenvalue weighted by molar-refractivity contribution is 6.22. The Morgan fingerprint density at radius 1 is 1.17 bits per heavy atom. The van der Waals surface area contributed by atoms with E-state index in [2.05, 4.69) is 4.90 Å². The van der Waals surface area contributed by atoms with E-state index in [1.807, 2.05) is 0 Å². The first kappa shape index (κ1) is 16.1. The molecule has 0 radical (unpaired) electrons. The van der Waals surface area contributed by atoms with E-state index in [4.69, 9.17) is 0 Å². The van der Waals surface area contributed by atoms with Gasteiger partial charge in [0.15, 0.2) is 0 Å². The number of benzene rings is 1. The Kier molecular flexibility index (Phi) is 4.73. The van der Waals surface area contributed by atoms with Crippen LogP contribution in [-0.2, 0) is 9.59 Å². The van der Waals surface area contributed by atoms with Crippen LogP contribution in [0.2, 0.25) is 0 Å². The summed E-state index contributed by atoms with van der Waals surface area (Å²) in [4.78, 5) is 28.3. The van der Waals surface area contributed by atoms with Crippen molar-refractivity contribution in [3.05, 3.63) is 30.1 Å². The van der Waals surface area contributed by atoms with Gasteiger partial charge in [0.2, 0.25) is 5.91 Å². The minimum atomic E-state index is -0.468. The van der Waals surface area contributed by atoms with E-state index in [1.54, 1.807) is 0 Å². The molecule has 0 aliphatic carbocycles. The summed E-state index contributed by atoms with van der Waals surface area (Å²) < 4.78 is 13.1. The molecule has 2 fully saturated rings. The standard InChI is InChI=1S/C17H21FN2O3/c18-12-4-6-14(7-5-12)20-16(22)11-15(17(20)23)19-9-2-1-3-13(19)8-10-21/h4-7,13,15,21H,1-3,8-11H2. The lowest BCUT2D eigenvalue weighted by atomic mass is 9.97. The molecule has 5 nitrogen and oxygen atoms in total. The average molecular weight is 320 g/mol. The van der Waals surface area contributed by atoms with E-state index >= 15 is 0 Å². The van der Waals surface area contributed by atoms with Crippen molar-refractivity contribution in [3.63, 3.8) is 0 Å². The molecule has 0 spiro atoms. The number of anilines is 1. The first-order valence-corrected chi connectivity index (χ1v) is 8.11. The molecule has 1 aromatic rings. The van der Waals surface area contributed by atoms with E-state index in [0.717, 1.165) is 30.7 Å². The second kappa shape index (κ2) is 6.76. The normalized spacial score (nSPS) is 26.1. The number of rotatable bonds is 4. The Morgan fingerprint density at radius 3 is 2.61 bits per heavy atom. The van der Waals surface area contributed by atoms with Gasteiger partial charge in [0.25, 0.3) is 5.91 Å². The highest BCUT2D eigenvalue weighted by Gasteiger charge is 2.44. The molecule has 2 aliphatic heterocycles. The summed E-state index contributed by atoms with van der Waals surface area (Å²) in [7, 11) is 0. The molecule has 2 atom stereocenters. The first-order chi connectivity index (χ1) is 11.1. The van der Waals surface area contributed by atoms with E-state index in [9.17, 15) is 19.1 Å². The zero-order valence-corrected chi connectivity index (χ0v) is 12.9. The summed E-state index contributed by atoms with van der Waals surface area (Å²) in [6.45, 7) is 0.851. The second-order valence-electron chi connectivity index (χ2n) is 6.16. The molecule has 2 heterocycles. The van der Waals surface area contributed by atoms with Crippen LogP contribution in [0, 0.1) is 5.82 Å². The molecule has 2 aliphatic rings. The molecule has 2 saturated heterocycles. The number of carbonyl (C=O) groups excluding carboxylic acids is 2. The Morgan fingerprint density at radius 2 is 1.91 bits per heavy atom. The SMILES string of the molecule is O=C1CC(N2CCCCC2CCO)C(=O)N1c1ccc(F)cc1. The van der Waals surface area contributed by atoms with Crippen molar-refractivity contribution in [1.29, 1.82) is 0 Å². The number of aliphatic hydroxyl groups excluding tert-OH is 1.